The minimum absolute atomic E-state index is 0.279. The maximum Gasteiger partial charge on any atom is 0.217 e. The van der Waals surface area contributed by atoms with Crippen LogP contribution in [0.25, 0.3) is 0 Å². The monoisotopic (exact) mass is 308 g/mol. The average molecular weight is 308 g/mol. The van der Waals surface area contributed by atoms with E-state index in [1.807, 2.05) is 13.8 Å². The van der Waals surface area contributed by atoms with Crippen LogP contribution in [0.2, 0.25) is 0 Å². The molecule has 0 aromatic carbocycles. The van der Waals surface area contributed by atoms with Gasteiger partial charge in [0.15, 0.2) is 0 Å². The van der Waals surface area contributed by atoms with E-state index in [0.29, 0.717) is 50.6 Å². The molecule has 7 heteroatoms. The molecule has 0 spiro atoms. The molecule has 19 heavy (non-hydrogen) atoms. The highest BCUT2D eigenvalue weighted by Gasteiger charge is 2.33. The smallest absolute Gasteiger partial charge is 0.217 e. The van der Waals surface area contributed by atoms with Gasteiger partial charge in [-0.2, -0.15) is 0 Å². The number of rotatable bonds is 7. The Morgan fingerprint density at radius 3 is 2.47 bits per heavy atom. The van der Waals surface area contributed by atoms with E-state index >= 15 is 0 Å². The van der Waals surface area contributed by atoms with Gasteiger partial charge in [-0.3, -0.25) is 0 Å². The number of nitrogens with two attached hydrogens (primary N) is 1. The van der Waals surface area contributed by atoms with Gasteiger partial charge in [-0.05, 0) is 18.8 Å². The predicted octanol–water partition coefficient (Wildman–Crippen LogP) is 1.13. The zero-order valence-electron chi connectivity index (χ0n) is 11.7. The van der Waals surface area contributed by atoms with Crippen molar-refractivity contribution < 1.29 is 13.2 Å². The maximum atomic E-state index is 12.6. The molecule has 0 unspecified atom stereocenters. The molecule has 0 radical (unpaired) electrons. The van der Waals surface area contributed by atoms with Gasteiger partial charge in [0.2, 0.25) is 10.0 Å². The minimum Gasteiger partial charge on any atom is -0.393 e. The molecule has 0 atom stereocenters. The molecule has 1 heterocycles. The molecule has 1 aliphatic rings. The summed E-state index contributed by atoms with van der Waals surface area (Å²) in [6, 6.07) is 0. The third kappa shape index (κ3) is 5.33. The van der Waals surface area contributed by atoms with Crippen molar-refractivity contribution in [3.8, 4) is 0 Å². The Bertz CT molecular complexity index is 390. The zero-order valence-corrected chi connectivity index (χ0v) is 13.3. The number of ether oxygens (including phenoxy) is 1. The van der Waals surface area contributed by atoms with Crippen molar-refractivity contribution in [1.82, 2.24) is 4.31 Å². The fourth-order valence-corrected chi connectivity index (χ4v) is 4.30. The van der Waals surface area contributed by atoms with Gasteiger partial charge in [-0.25, -0.2) is 12.7 Å². The minimum atomic E-state index is -3.28. The van der Waals surface area contributed by atoms with Gasteiger partial charge in [0.1, 0.15) is 0 Å². The Balaban J connectivity index is 2.77. The molecule has 5 nitrogen and oxygen atoms in total. The van der Waals surface area contributed by atoms with E-state index in [9.17, 15) is 8.42 Å². The Kier molecular flexibility index (Phi) is 6.65. The van der Waals surface area contributed by atoms with E-state index in [4.69, 9.17) is 22.7 Å². The Hall–Kier alpha value is -0.240. The van der Waals surface area contributed by atoms with Gasteiger partial charge in [-0.15, -0.1) is 0 Å². The van der Waals surface area contributed by atoms with Gasteiger partial charge in [0.05, 0.1) is 10.2 Å². The Labute approximate surface area is 121 Å². The summed E-state index contributed by atoms with van der Waals surface area (Å²) in [5.41, 5.74) is 5.48. The molecule has 112 valence electrons. The summed E-state index contributed by atoms with van der Waals surface area (Å²) in [5.74, 6) is 0.279. The third-order valence-electron chi connectivity index (χ3n) is 3.13. The molecular weight excluding hydrogens is 284 g/mol. The molecule has 0 aliphatic carbocycles. The van der Waals surface area contributed by atoms with Gasteiger partial charge < -0.3 is 10.5 Å². The SMILES string of the molecule is CC(C)CN(CCC(N)=S)S(=O)(=O)C1CCOCC1. The van der Waals surface area contributed by atoms with Gasteiger partial charge >= 0.3 is 0 Å². The first-order valence-electron chi connectivity index (χ1n) is 6.69. The van der Waals surface area contributed by atoms with Crippen LogP contribution in [-0.2, 0) is 14.8 Å². The highest BCUT2D eigenvalue weighted by molar-refractivity contribution is 7.89. The van der Waals surface area contributed by atoms with Crippen molar-refractivity contribution in [2.75, 3.05) is 26.3 Å². The highest BCUT2D eigenvalue weighted by atomic mass is 32.2. The number of thiocarbonyl (C=S) groups is 1. The lowest BCUT2D eigenvalue weighted by Crippen LogP contribution is -2.44. The van der Waals surface area contributed by atoms with Crippen molar-refractivity contribution in [3.05, 3.63) is 0 Å². The number of sulfonamides is 1. The van der Waals surface area contributed by atoms with E-state index in [1.54, 1.807) is 4.31 Å². The summed E-state index contributed by atoms with van der Waals surface area (Å²) < 4.78 is 32.0. The van der Waals surface area contributed by atoms with Crippen LogP contribution in [-0.4, -0.2) is 49.3 Å². The van der Waals surface area contributed by atoms with Crippen molar-refractivity contribution in [2.24, 2.45) is 11.7 Å². The Morgan fingerprint density at radius 1 is 1.42 bits per heavy atom. The lowest BCUT2D eigenvalue weighted by molar-refractivity contribution is 0.0971. The van der Waals surface area contributed by atoms with E-state index in [0.717, 1.165) is 0 Å². The molecule has 0 bridgehead atoms. The third-order valence-corrected chi connectivity index (χ3v) is 5.70. The fourth-order valence-electron chi connectivity index (χ4n) is 2.15. The first-order valence-corrected chi connectivity index (χ1v) is 8.60. The zero-order chi connectivity index (χ0) is 14.5. The average Bonchev–Trinajstić information content (AvgIpc) is 2.34. The molecule has 1 aliphatic heterocycles. The molecule has 1 saturated heterocycles. The molecular formula is C12H24N2O3S2. The first kappa shape index (κ1) is 16.8. The van der Waals surface area contributed by atoms with Crippen LogP contribution in [0.1, 0.15) is 33.1 Å². The molecule has 0 amide bonds. The Morgan fingerprint density at radius 2 is 2.00 bits per heavy atom. The van der Waals surface area contributed by atoms with Crippen LogP contribution in [0, 0.1) is 5.92 Å². The first-order chi connectivity index (χ1) is 8.84. The molecule has 1 rings (SSSR count). The lowest BCUT2D eigenvalue weighted by atomic mass is 10.2. The largest absolute Gasteiger partial charge is 0.393 e. The summed E-state index contributed by atoms with van der Waals surface area (Å²) >= 11 is 4.84. The van der Waals surface area contributed by atoms with Crippen LogP contribution in [0.15, 0.2) is 0 Å². The number of hydrogen-bond acceptors (Lipinski definition) is 4. The van der Waals surface area contributed by atoms with E-state index in [2.05, 4.69) is 0 Å². The van der Waals surface area contributed by atoms with Crippen molar-refractivity contribution in [2.45, 2.75) is 38.4 Å². The van der Waals surface area contributed by atoms with Crippen molar-refractivity contribution in [3.63, 3.8) is 0 Å². The predicted molar refractivity (Wildman–Crippen MR) is 80.6 cm³/mol. The summed E-state index contributed by atoms with van der Waals surface area (Å²) in [6.45, 7) is 5.96. The molecule has 1 fully saturated rings. The summed E-state index contributed by atoms with van der Waals surface area (Å²) in [5, 5.41) is -0.327. The summed E-state index contributed by atoms with van der Waals surface area (Å²) in [6.07, 6.45) is 1.58. The van der Waals surface area contributed by atoms with Crippen molar-refractivity contribution in [1.29, 1.82) is 0 Å². The van der Waals surface area contributed by atoms with Gasteiger partial charge in [-0.1, -0.05) is 26.1 Å². The molecule has 0 aromatic heterocycles. The number of nitrogens with zero attached hydrogens (tertiary/aromatic N) is 1. The van der Waals surface area contributed by atoms with Crippen LogP contribution >= 0.6 is 12.2 Å². The van der Waals surface area contributed by atoms with E-state index < -0.39 is 10.0 Å². The van der Waals surface area contributed by atoms with E-state index in [1.165, 1.54) is 0 Å². The highest BCUT2D eigenvalue weighted by Crippen LogP contribution is 2.21. The second-order valence-corrected chi connectivity index (χ2v) is 8.06. The lowest BCUT2D eigenvalue weighted by Gasteiger charge is -2.30. The van der Waals surface area contributed by atoms with E-state index in [-0.39, 0.29) is 11.2 Å². The summed E-state index contributed by atoms with van der Waals surface area (Å²) in [7, 11) is -3.28. The van der Waals surface area contributed by atoms with Gasteiger partial charge in [0, 0.05) is 32.7 Å². The van der Waals surface area contributed by atoms with Crippen molar-refractivity contribution >= 4 is 27.2 Å². The standard InChI is InChI=1S/C12H24N2O3S2/c1-10(2)9-14(6-3-12(13)18)19(15,16)11-4-7-17-8-5-11/h10-11H,3-9H2,1-2H3,(H2,13,18). The van der Waals surface area contributed by atoms with Crippen LogP contribution in [0.3, 0.4) is 0 Å². The fraction of sp³-hybridized carbons (Fsp3) is 0.917. The van der Waals surface area contributed by atoms with Crippen LogP contribution < -0.4 is 5.73 Å². The normalized spacial score (nSPS) is 18.1. The van der Waals surface area contributed by atoms with Crippen LogP contribution in [0.4, 0.5) is 0 Å². The maximum absolute atomic E-state index is 12.6. The van der Waals surface area contributed by atoms with Crippen LogP contribution in [0.5, 0.6) is 0 Å². The molecule has 2 N–H and O–H groups in total. The van der Waals surface area contributed by atoms with Gasteiger partial charge in [0.25, 0.3) is 0 Å². The topological polar surface area (TPSA) is 72.6 Å². The molecule has 0 aromatic rings. The molecule has 0 saturated carbocycles. The quantitative estimate of drug-likeness (QED) is 0.714. The second kappa shape index (κ2) is 7.52. The summed E-state index contributed by atoms with van der Waals surface area (Å²) in [4.78, 5) is 0.357. The number of hydrogen-bond donors (Lipinski definition) is 1. The second-order valence-electron chi connectivity index (χ2n) is 5.32.